The largest absolute Gasteiger partial charge is 0.382 e. The van der Waals surface area contributed by atoms with Crippen LogP contribution in [0.15, 0.2) is 0 Å². The summed E-state index contributed by atoms with van der Waals surface area (Å²) >= 11 is 11.4. The standard InChI is InChI=1S/C10H16Cl2N8O2/c11-19(3-1-13)9(21)5-7(15)18-6(8(16)17-5)10(22)20(12)4-2-14/h1-4,13-14H2,(H2,16,17)(H2,15,18). The molecule has 8 N–H and O–H groups in total. The molecule has 0 saturated carbocycles. The van der Waals surface area contributed by atoms with Gasteiger partial charge >= 0.3 is 0 Å². The lowest BCUT2D eigenvalue weighted by Crippen LogP contribution is -2.31. The molecule has 10 nitrogen and oxygen atoms in total. The summed E-state index contributed by atoms with van der Waals surface area (Å²) in [5.41, 5.74) is 21.3. The van der Waals surface area contributed by atoms with Crippen molar-refractivity contribution in [3.05, 3.63) is 11.4 Å². The lowest BCUT2D eigenvalue weighted by Gasteiger charge is -2.16. The second kappa shape index (κ2) is 7.94. The predicted octanol–water partition coefficient (Wildman–Crippen LogP) is -1.25. The lowest BCUT2D eigenvalue weighted by atomic mass is 10.3. The van der Waals surface area contributed by atoms with Crippen LogP contribution in [0.4, 0.5) is 11.6 Å². The van der Waals surface area contributed by atoms with Gasteiger partial charge in [0.15, 0.2) is 23.0 Å². The van der Waals surface area contributed by atoms with Gasteiger partial charge in [-0.2, -0.15) is 0 Å². The molecule has 22 heavy (non-hydrogen) atoms. The van der Waals surface area contributed by atoms with Gasteiger partial charge in [0.05, 0.1) is 13.1 Å². The second-order valence-electron chi connectivity index (χ2n) is 4.05. The Morgan fingerprint density at radius 2 is 1.18 bits per heavy atom. The summed E-state index contributed by atoms with van der Waals surface area (Å²) in [6.45, 7) is 0.450. The highest BCUT2D eigenvalue weighted by molar-refractivity contribution is 6.25. The van der Waals surface area contributed by atoms with Crippen molar-refractivity contribution in [1.82, 2.24) is 18.8 Å². The highest BCUT2D eigenvalue weighted by Crippen LogP contribution is 2.18. The van der Waals surface area contributed by atoms with E-state index in [1.165, 1.54) is 0 Å². The van der Waals surface area contributed by atoms with E-state index in [0.717, 1.165) is 8.84 Å². The molecule has 0 saturated heterocycles. The molecule has 1 aromatic heterocycles. The highest BCUT2D eigenvalue weighted by Gasteiger charge is 2.25. The molecule has 122 valence electrons. The Balaban J connectivity index is 3.12. The van der Waals surface area contributed by atoms with E-state index in [2.05, 4.69) is 9.97 Å². The maximum atomic E-state index is 12.0. The zero-order valence-corrected chi connectivity index (χ0v) is 13.0. The van der Waals surface area contributed by atoms with Crippen molar-refractivity contribution in [2.45, 2.75) is 0 Å². The number of nitrogens with two attached hydrogens (primary N) is 4. The molecular weight excluding hydrogens is 335 g/mol. The van der Waals surface area contributed by atoms with E-state index in [1.807, 2.05) is 0 Å². The number of rotatable bonds is 6. The Bertz CT molecular complexity index is 520. The van der Waals surface area contributed by atoms with Crippen molar-refractivity contribution < 1.29 is 9.59 Å². The zero-order valence-electron chi connectivity index (χ0n) is 11.5. The number of amides is 2. The third-order valence-corrected chi connectivity index (χ3v) is 3.09. The molecule has 0 aromatic carbocycles. The zero-order chi connectivity index (χ0) is 16.9. The second-order valence-corrected chi connectivity index (χ2v) is 4.87. The Hall–Kier alpha value is -1.88. The van der Waals surface area contributed by atoms with Gasteiger partial charge in [0.2, 0.25) is 0 Å². The first-order valence-electron chi connectivity index (χ1n) is 6.11. The van der Waals surface area contributed by atoms with Crippen LogP contribution in [0, 0.1) is 0 Å². The molecule has 1 heterocycles. The molecule has 0 unspecified atom stereocenters. The molecule has 0 aliphatic rings. The number of halogens is 2. The fraction of sp³-hybridized carbons (Fsp3) is 0.400. The molecule has 0 aliphatic heterocycles. The number of carbonyl (C=O) groups is 2. The molecule has 1 aromatic rings. The van der Waals surface area contributed by atoms with Gasteiger partial charge in [0, 0.05) is 36.6 Å². The first-order chi connectivity index (χ1) is 10.3. The fourth-order valence-corrected chi connectivity index (χ4v) is 1.79. The summed E-state index contributed by atoms with van der Waals surface area (Å²) in [6.07, 6.45) is 0. The van der Waals surface area contributed by atoms with Gasteiger partial charge in [-0.15, -0.1) is 0 Å². The molecule has 0 radical (unpaired) electrons. The first kappa shape index (κ1) is 18.2. The maximum Gasteiger partial charge on any atom is 0.290 e. The Labute approximate surface area is 136 Å². The van der Waals surface area contributed by atoms with Gasteiger partial charge in [-0.25, -0.2) is 18.8 Å². The smallest absolute Gasteiger partial charge is 0.290 e. The molecule has 0 spiro atoms. The van der Waals surface area contributed by atoms with Crippen LogP contribution < -0.4 is 22.9 Å². The van der Waals surface area contributed by atoms with Crippen molar-refractivity contribution in [3.63, 3.8) is 0 Å². The molecule has 12 heteroatoms. The van der Waals surface area contributed by atoms with E-state index in [9.17, 15) is 9.59 Å². The van der Waals surface area contributed by atoms with E-state index in [1.54, 1.807) is 0 Å². The molecule has 0 aliphatic carbocycles. The number of nitrogens with zero attached hydrogens (tertiary/aromatic N) is 4. The van der Waals surface area contributed by atoms with E-state index in [4.69, 9.17) is 46.5 Å². The van der Waals surface area contributed by atoms with Gasteiger partial charge in [-0.3, -0.25) is 9.59 Å². The number of hydrogen-bond acceptors (Lipinski definition) is 8. The van der Waals surface area contributed by atoms with E-state index < -0.39 is 11.8 Å². The highest BCUT2D eigenvalue weighted by atomic mass is 35.5. The van der Waals surface area contributed by atoms with Gasteiger partial charge in [-0.05, 0) is 0 Å². The van der Waals surface area contributed by atoms with Crippen LogP contribution in [0.3, 0.4) is 0 Å². The molecule has 2 amide bonds. The van der Waals surface area contributed by atoms with E-state index in [0.29, 0.717) is 0 Å². The molecule has 0 bridgehead atoms. The lowest BCUT2D eigenvalue weighted by molar-refractivity contribution is 0.0847. The minimum atomic E-state index is -0.729. The minimum Gasteiger partial charge on any atom is -0.382 e. The van der Waals surface area contributed by atoms with Gasteiger partial charge in [0.25, 0.3) is 11.8 Å². The van der Waals surface area contributed by atoms with Crippen molar-refractivity contribution in [2.75, 3.05) is 37.6 Å². The summed E-state index contributed by atoms with van der Waals surface area (Å²) in [5, 5.41) is 0. The summed E-state index contributed by atoms with van der Waals surface area (Å²) in [5.74, 6) is -2.06. The van der Waals surface area contributed by atoms with Crippen LogP contribution in [0.5, 0.6) is 0 Å². The van der Waals surface area contributed by atoms with Crippen molar-refractivity contribution in [3.8, 4) is 0 Å². The maximum absolute atomic E-state index is 12.0. The summed E-state index contributed by atoms with van der Waals surface area (Å²) in [4.78, 5) is 31.5. The molecule has 0 atom stereocenters. The monoisotopic (exact) mass is 350 g/mol. The van der Waals surface area contributed by atoms with Crippen molar-refractivity contribution >= 4 is 47.0 Å². The molecule has 1 rings (SSSR count). The average molecular weight is 351 g/mol. The Kier molecular flexibility index (Phi) is 6.56. The summed E-state index contributed by atoms with van der Waals surface area (Å²) in [6, 6.07) is 0. The van der Waals surface area contributed by atoms with E-state index >= 15 is 0 Å². The van der Waals surface area contributed by atoms with Crippen LogP contribution in [0.1, 0.15) is 21.0 Å². The molecular formula is C10H16Cl2N8O2. The SMILES string of the molecule is NCCN(Cl)C(=O)c1nc(N)c(C(=O)N(Cl)CCN)nc1N. The number of hydrogen-bond donors (Lipinski definition) is 4. The van der Waals surface area contributed by atoms with Gasteiger partial charge in [0.1, 0.15) is 0 Å². The Morgan fingerprint density at radius 1 is 0.864 bits per heavy atom. The van der Waals surface area contributed by atoms with Crippen LogP contribution >= 0.6 is 23.6 Å². The van der Waals surface area contributed by atoms with Crippen molar-refractivity contribution in [2.24, 2.45) is 11.5 Å². The third kappa shape index (κ3) is 4.07. The minimum absolute atomic E-state index is 0.0774. The average Bonchev–Trinajstić information content (AvgIpc) is 2.48. The predicted molar refractivity (Wildman–Crippen MR) is 82.7 cm³/mol. The van der Waals surface area contributed by atoms with Crippen LogP contribution in [0.2, 0.25) is 0 Å². The van der Waals surface area contributed by atoms with Gasteiger partial charge < -0.3 is 22.9 Å². The summed E-state index contributed by atoms with van der Waals surface area (Å²) < 4.78 is 1.59. The number of anilines is 2. The fourth-order valence-electron chi connectivity index (χ4n) is 1.44. The van der Waals surface area contributed by atoms with E-state index in [-0.39, 0.29) is 49.2 Å². The topological polar surface area (TPSA) is 170 Å². The molecule has 0 fully saturated rings. The Morgan fingerprint density at radius 3 is 1.45 bits per heavy atom. The summed E-state index contributed by atoms with van der Waals surface area (Å²) in [7, 11) is 0. The number of aromatic nitrogens is 2. The van der Waals surface area contributed by atoms with Crippen LogP contribution in [0.25, 0.3) is 0 Å². The van der Waals surface area contributed by atoms with Crippen molar-refractivity contribution in [1.29, 1.82) is 0 Å². The number of carbonyl (C=O) groups excluding carboxylic acids is 2. The normalized spacial score (nSPS) is 10.4. The van der Waals surface area contributed by atoms with Crippen LogP contribution in [-0.4, -0.2) is 56.8 Å². The third-order valence-electron chi connectivity index (χ3n) is 2.45. The first-order valence-corrected chi connectivity index (χ1v) is 6.79. The number of nitrogen functional groups attached to an aromatic ring is 2. The van der Waals surface area contributed by atoms with Gasteiger partial charge in [-0.1, -0.05) is 0 Å². The van der Waals surface area contributed by atoms with Crippen LogP contribution in [-0.2, 0) is 0 Å². The quantitative estimate of drug-likeness (QED) is 0.460.